The fourth-order valence-electron chi connectivity index (χ4n) is 2.63. The van der Waals surface area contributed by atoms with Gasteiger partial charge in [0.15, 0.2) is 0 Å². The largest absolute Gasteiger partial charge is 0.395 e. The molecule has 2 aromatic rings. The summed E-state index contributed by atoms with van der Waals surface area (Å²) in [5, 5.41) is 9.16. The van der Waals surface area contributed by atoms with Crippen LogP contribution < -0.4 is 0 Å². The van der Waals surface area contributed by atoms with Gasteiger partial charge in [-0.15, -0.1) is 0 Å². The normalized spacial score (nSPS) is 11.1. The highest BCUT2D eigenvalue weighted by Crippen LogP contribution is 2.22. The zero-order valence-electron chi connectivity index (χ0n) is 13.3. The fraction of sp³-hybridized carbons (Fsp3) is 0.500. The highest BCUT2D eigenvalue weighted by atomic mass is 79.9. The summed E-state index contributed by atoms with van der Waals surface area (Å²) in [6, 6.07) is 2.00. The van der Waals surface area contributed by atoms with Crippen molar-refractivity contribution in [3.63, 3.8) is 0 Å². The number of hydrogen-bond donors (Lipinski definition) is 1. The second-order valence-electron chi connectivity index (χ2n) is 5.30. The van der Waals surface area contributed by atoms with Crippen molar-refractivity contribution in [1.29, 1.82) is 0 Å². The highest BCUT2D eigenvalue weighted by molar-refractivity contribution is 9.10. The van der Waals surface area contributed by atoms with Crippen LogP contribution in [0.15, 0.2) is 16.7 Å². The van der Waals surface area contributed by atoms with Gasteiger partial charge in [0.05, 0.1) is 12.3 Å². The van der Waals surface area contributed by atoms with Crippen LogP contribution in [-0.2, 0) is 6.42 Å². The Morgan fingerprint density at radius 1 is 1.45 bits per heavy atom. The molecule has 2 heterocycles. The molecule has 0 aromatic carbocycles. The summed E-state index contributed by atoms with van der Waals surface area (Å²) in [6.45, 7) is 6.83. The Bertz CT molecular complexity index is 682. The molecule has 0 spiro atoms. The third-order valence-corrected chi connectivity index (χ3v) is 4.10. The first-order chi connectivity index (χ1) is 10.5. The predicted octanol–water partition coefficient (Wildman–Crippen LogP) is 2.81. The molecule has 1 amide bonds. The summed E-state index contributed by atoms with van der Waals surface area (Å²) in [5.41, 5.74) is 3.27. The second kappa shape index (κ2) is 7.24. The van der Waals surface area contributed by atoms with Crippen LogP contribution in [0.25, 0.3) is 5.65 Å². The molecule has 0 unspecified atom stereocenters. The first-order valence-corrected chi connectivity index (χ1v) is 8.39. The van der Waals surface area contributed by atoms with Crippen molar-refractivity contribution < 1.29 is 9.90 Å². The Morgan fingerprint density at radius 3 is 2.77 bits per heavy atom. The molecule has 1 N–H and O–H groups in total. The van der Waals surface area contributed by atoms with Gasteiger partial charge in [-0.05, 0) is 47.8 Å². The van der Waals surface area contributed by atoms with Crippen LogP contribution in [-0.4, -0.2) is 45.0 Å². The summed E-state index contributed by atoms with van der Waals surface area (Å²) >= 11 is 3.49. The van der Waals surface area contributed by atoms with E-state index in [0.29, 0.717) is 18.8 Å². The molecular formula is C16H22BrN3O2. The molecule has 22 heavy (non-hydrogen) atoms. The van der Waals surface area contributed by atoms with E-state index in [2.05, 4.69) is 27.8 Å². The van der Waals surface area contributed by atoms with Crippen LogP contribution in [0.2, 0.25) is 0 Å². The van der Waals surface area contributed by atoms with Crippen LogP contribution in [0.4, 0.5) is 0 Å². The van der Waals surface area contributed by atoms with E-state index in [1.54, 1.807) is 4.90 Å². The zero-order valence-corrected chi connectivity index (χ0v) is 14.9. The molecule has 0 saturated carbocycles. The van der Waals surface area contributed by atoms with E-state index >= 15 is 0 Å². The number of halogens is 1. The summed E-state index contributed by atoms with van der Waals surface area (Å²) in [6.07, 6.45) is 3.57. The number of fused-ring (bicyclic) bond motifs is 1. The molecule has 5 nitrogen and oxygen atoms in total. The van der Waals surface area contributed by atoms with Crippen molar-refractivity contribution in [1.82, 2.24) is 14.3 Å². The van der Waals surface area contributed by atoms with Crippen LogP contribution in [0, 0.1) is 6.92 Å². The lowest BCUT2D eigenvalue weighted by atomic mass is 10.2. The van der Waals surface area contributed by atoms with Gasteiger partial charge in [0.2, 0.25) is 0 Å². The molecular weight excluding hydrogens is 346 g/mol. The number of imidazole rings is 1. The number of aryl methyl sites for hydroxylation is 2. The zero-order chi connectivity index (χ0) is 16.3. The first-order valence-electron chi connectivity index (χ1n) is 7.60. The molecule has 0 bridgehead atoms. The summed E-state index contributed by atoms with van der Waals surface area (Å²) < 4.78 is 2.78. The van der Waals surface area contributed by atoms with Gasteiger partial charge in [0.1, 0.15) is 11.3 Å². The molecule has 120 valence electrons. The lowest BCUT2D eigenvalue weighted by Gasteiger charge is -2.20. The Morgan fingerprint density at radius 2 is 2.18 bits per heavy atom. The highest BCUT2D eigenvalue weighted by Gasteiger charge is 2.23. The Hall–Kier alpha value is -1.40. The van der Waals surface area contributed by atoms with Crippen LogP contribution >= 0.6 is 15.9 Å². The van der Waals surface area contributed by atoms with Crippen molar-refractivity contribution in [2.45, 2.75) is 33.6 Å². The number of aliphatic hydroxyl groups excluding tert-OH is 1. The molecule has 0 atom stereocenters. The van der Waals surface area contributed by atoms with Crippen LogP contribution in [0.5, 0.6) is 0 Å². The Balaban J connectivity index is 2.63. The number of rotatable bonds is 6. The van der Waals surface area contributed by atoms with Gasteiger partial charge in [-0.3, -0.25) is 9.20 Å². The smallest absolute Gasteiger partial charge is 0.272 e. The van der Waals surface area contributed by atoms with E-state index in [0.717, 1.165) is 34.2 Å². The lowest BCUT2D eigenvalue weighted by Crippen LogP contribution is -2.34. The number of aromatic nitrogens is 2. The molecule has 0 aliphatic rings. The third-order valence-electron chi connectivity index (χ3n) is 3.67. The topological polar surface area (TPSA) is 57.8 Å². The first kappa shape index (κ1) is 17.0. The number of carbonyl (C=O) groups excluding carboxylic acids is 1. The molecule has 0 aliphatic carbocycles. The van der Waals surface area contributed by atoms with Crippen molar-refractivity contribution in [2.75, 3.05) is 19.7 Å². The number of likely N-dealkylation sites (N-methyl/N-ethyl adjacent to an activating group) is 1. The molecule has 2 rings (SSSR count). The van der Waals surface area contributed by atoms with Gasteiger partial charge in [0, 0.05) is 23.8 Å². The number of carbonyl (C=O) groups is 1. The molecule has 0 fully saturated rings. The molecule has 0 aliphatic heterocycles. The number of aliphatic hydroxyl groups is 1. The maximum atomic E-state index is 12.9. The predicted molar refractivity (Wildman–Crippen MR) is 90.3 cm³/mol. The van der Waals surface area contributed by atoms with E-state index in [-0.39, 0.29) is 12.5 Å². The molecule has 0 saturated heterocycles. The van der Waals surface area contributed by atoms with Crippen molar-refractivity contribution in [3.8, 4) is 0 Å². The van der Waals surface area contributed by atoms with Gasteiger partial charge in [-0.25, -0.2) is 4.98 Å². The van der Waals surface area contributed by atoms with E-state index in [9.17, 15) is 4.79 Å². The van der Waals surface area contributed by atoms with E-state index in [4.69, 9.17) is 5.11 Å². The maximum Gasteiger partial charge on any atom is 0.272 e. The third kappa shape index (κ3) is 3.17. The molecule has 0 radical (unpaired) electrons. The van der Waals surface area contributed by atoms with Gasteiger partial charge in [0.25, 0.3) is 5.91 Å². The Kier molecular flexibility index (Phi) is 5.58. The minimum atomic E-state index is -0.0787. The minimum absolute atomic E-state index is 0.0395. The van der Waals surface area contributed by atoms with Crippen LogP contribution in [0.1, 0.15) is 42.0 Å². The fourth-order valence-corrected chi connectivity index (χ4v) is 3.17. The maximum absolute atomic E-state index is 12.9. The van der Waals surface area contributed by atoms with E-state index in [1.807, 2.05) is 30.5 Å². The van der Waals surface area contributed by atoms with Gasteiger partial charge in [-0.2, -0.15) is 0 Å². The monoisotopic (exact) mass is 367 g/mol. The molecule has 2 aromatic heterocycles. The number of amides is 1. The second-order valence-corrected chi connectivity index (χ2v) is 6.22. The average Bonchev–Trinajstić information content (AvgIpc) is 2.83. The number of nitrogens with zero attached hydrogens (tertiary/aromatic N) is 3. The summed E-state index contributed by atoms with van der Waals surface area (Å²) in [4.78, 5) is 19.2. The number of hydrogen-bond acceptors (Lipinski definition) is 3. The average molecular weight is 368 g/mol. The van der Waals surface area contributed by atoms with E-state index < -0.39 is 0 Å². The molecule has 6 heteroatoms. The Labute approximate surface area is 139 Å². The SMILES string of the molecule is CCCc1nc2c(C)cc(Br)cn2c1C(=O)N(CC)CCO. The minimum Gasteiger partial charge on any atom is -0.395 e. The number of pyridine rings is 1. The standard InChI is InChI=1S/C16H22BrN3O2/c1-4-6-13-14(16(22)19(5-2)7-8-21)20-10-12(17)9-11(3)15(20)18-13/h9-10,21H,4-8H2,1-3H3. The van der Waals surface area contributed by atoms with Crippen molar-refractivity contribution in [2.24, 2.45) is 0 Å². The van der Waals surface area contributed by atoms with E-state index in [1.165, 1.54) is 0 Å². The summed E-state index contributed by atoms with van der Waals surface area (Å²) in [7, 11) is 0. The van der Waals surface area contributed by atoms with Gasteiger partial charge >= 0.3 is 0 Å². The quantitative estimate of drug-likeness (QED) is 0.853. The lowest BCUT2D eigenvalue weighted by molar-refractivity contribution is 0.0724. The van der Waals surface area contributed by atoms with Gasteiger partial charge in [-0.1, -0.05) is 13.3 Å². The summed E-state index contributed by atoms with van der Waals surface area (Å²) in [5.74, 6) is -0.0787. The van der Waals surface area contributed by atoms with Gasteiger partial charge < -0.3 is 10.0 Å². The van der Waals surface area contributed by atoms with Crippen molar-refractivity contribution in [3.05, 3.63) is 33.7 Å². The van der Waals surface area contributed by atoms with Crippen molar-refractivity contribution >= 4 is 27.5 Å². The van der Waals surface area contributed by atoms with Crippen LogP contribution in [0.3, 0.4) is 0 Å².